The molecule has 0 aliphatic rings. The van der Waals surface area contributed by atoms with Crippen molar-refractivity contribution in [3.63, 3.8) is 0 Å². The third kappa shape index (κ3) is 4.22. The molecule has 0 aliphatic carbocycles. The van der Waals surface area contributed by atoms with E-state index in [2.05, 4.69) is 16.0 Å². The van der Waals surface area contributed by atoms with E-state index >= 15 is 0 Å². The van der Waals surface area contributed by atoms with Gasteiger partial charge in [0.1, 0.15) is 10.7 Å². The van der Waals surface area contributed by atoms with Gasteiger partial charge in [-0.15, -0.1) is 22.7 Å². The van der Waals surface area contributed by atoms with Gasteiger partial charge in [-0.05, 0) is 50.6 Å². The van der Waals surface area contributed by atoms with Crippen molar-refractivity contribution in [2.75, 3.05) is 6.54 Å². The first-order chi connectivity index (χ1) is 15.4. The lowest BCUT2D eigenvalue weighted by Crippen LogP contribution is -2.35. The minimum atomic E-state index is -0.219. The third-order valence-corrected chi connectivity index (χ3v) is 7.37. The summed E-state index contributed by atoms with van der Waals surface area (Å²) in [6, 6.07) is 13.2. The zero-order chi connectivity index (χ0) is 22.8. The normalized spacial score (nSPS) is 11.9. The van der Waals surface area contributed by atoms with E-state index in [4.69, 9.17) is 5.26 Å². The van der Waals surface area contributed by atoms with Crippen LogP contribution in [0.4, 0.5) is 0 Å². The maximum absolute atomic E-state index is 13.1. The van der Waals surface area contributed by atoms with Crippen molar-refractivity contribution in [3.05, 3.63) is 74.0 Å². The maximum Gasteiger partial charge on any atom is 0.260 e. The number of benzene rings is 1. The number of thiophene rings is 2. The highest BCUT2D eigenvalue weighted by molar-refractivity contribution is 7.19. The van der Waals surface area contributed by atoms with Crippen molar-refractivity contribution >= 4 is 38.8 Å². The fourth-order valence-electron chi connectivity index (χ4n) is 3.76. The summed E-state index contributed by atoms with van der Waals surface area (Å²) < 4.78 is 0. The molecule has 1 amide bonds. The SMILES string of the molecule is CCN(C(=O)Cc1nc2scc(-c3ccc(C)s3)c2c(=O)[nH]1)C(C)c1ccc(C#N)cc1. The average molecular weight is 463 g/mol. The quantitative estimate of drug-likeness (QED) is 0.434. The number of amides is 1. The Balaban J connectivity index is 1.58. The first kappa shape index (κ1) is 21.9. The number of H-pyrrole nitrogens is 1. The molecule has 162 valence electrons. The number of nitriles is 1. The lowest BCUT2D eigenvalue weighted by Gasteiger charge is -2.28. The molecule has 1 atom stereocenters. The van der Waals surface area contributed by atoms with Gasteiger partial charge in [0.05, 0.1) is 29.5 Å². The molecule has 8 heteroatoms. The van der Waals surface area contributed by atoms with Crippen LogP contribution in [0.1, 0.15) is 41.7 Å². The van der Waals surface area contributed by atoms with Crippen molar-refractivity contribution in [1.29, 1.82) is 5.26 Å². The molecule has 0 aliphatic heterocycles. The van der Waals surface area contributed by atoms with E-state index in [1.54, 1.807) is 28.4 Å². The monoisotopic (exact) mass is 462 g/mol. The number of hydrogen-bond acceptors (Lipinski definition) is 6. The summed E-state index contributed by atoms with van der Waals surface area (Å²) >= 11 is 3.06. The van der Waals surface area contributed by atoms with Crippen LogP contribution in [0.25, 0.3) is 20.7 Å². The van der Waals surface area contributed by atoms with Gasteiger partial charge in [-0.25, -0.2) is 4.98 Å². The van der Waals surface area contributed by atoms with Crippen molar-refractivity contribution in [2.45, 2.75) is 33.2 Å². The zero-order valence-electron chi connectivity index (χ0n) is 18.0. The van der Waals surface area contributed by atoms with Gasteiger partial charge in [-0.3, -0.25) is 9.59 Å². The summed E-state index contributed by atoms with van der Waals surface area (Å²) in [5, 5.41) is 11.5. The molecule has 4 rings (SSSR count). The average Bonchev–Trinajstić information content (AvgIpc) is 3.40. The van der Waals surface area contributed by atoms with Crippen LogP contribution in [0.3, 0.4) is 0 Å². The van der Waals surface area contributed by atoms with E-state index in [1.807, 2.05) is 50.4 Å². The molecule has 1 aromatic carbocycles. The van der Waals surface area contributed by atoms with Crippen LogP contribution in [-0.2, 0) is 11.2 Å². The van der Waals surface area contributed by atoms with E-state index < -0.39 is 0 Å². The molecule has 4 aromatic rings. The van der Waals surface area contributed by atoms with Gasteiger partial charge in [-0.1, -0.05) is 12.1 Å². The number of fused-ring (bicyclic) bond motifs is 1. The molecule has 32 heavy (non-hydrogen) atoms. The van der Waals surface area contributed by atoms with E-state index in [0.717, 1.165) is 16.0 Å². The first-order valence-electron chi connectivity index (χ1n) is 10.3. The van der Waals surface area contributed by atoms with E-state index in [0.29, 0.717) is 28.1 Å². The zero-order valence-corrected chi connectivity index (χ0v) is 19.6. The molecule has 6 nitrogen and oxygen atoms in total. The van der Waals surface area contributed by atoms with Crippen LogP contribution >= 0.6 is 22.7 Å². The Bertz CT molecular complexity index is 1380. The number of aryl methyl sites for hydroxylation is 1. The van der Waals surface area contributed by atoms with Gasteiger partial charge in [-0.2, -0.15) is 5.26 Å². The Hall–Kier alpha value is -3.28. The number of carbonyl (C=O) groups excluding carboxylic acids is 1. The van der Waals surface area contributed by atoms with E-state index in [1.165, 1.54) is 16.2 Å². The Labute approximate surface area is 193 Å². The largest absolute Gasteiger partial charge is 0.336 e. The van der Waals surface area contributed by atoms with Crippen LogP contribution in [-0.4, -0.2) is 27.3 Å². The fourth-order valence-corrected chi connectivity index (χ4v) is 5.69. The lowest BCUT2D eigenvalue weighted by atomic mass is 10.0. The number of nitrogens with one attached hydrogen (secondary N) is 1. The molecule has 1 N–H and O–H groups in total. The standard InChI is InChI=1S/C24H22N4O2S2/c1-4-28(15(3)17-8-6-16(12-25)7-9-17)21(29)11-20-26-23(30)22-18(13-31-24(22)27-20)19-10-5-14(2)32-19/h5-10,13,15H,4,11H2,1-3H3,(H,26,27,30). The van der Waals surface area contributed by atoms with Crippen molar-refractivity contribution in [3.8, 4) is 16.5 Å². The second-order valence-corrected chi connectivity index (χ2v) is 9.66. The molecule has 3 heterocycles. The van der Waals surface area contributed by atoms with E-state index in [9.17, 15) is 9.59 Å². The summed E-state index contributed by atoms with van der Waals surface area (Å²) in [4.78, 5) is 38.0. The lowest BCUT2D eigenvalue weighted by molar-refractivity contribution is -0.132. The Kier molecular flexibility index (Phi) is 6.21. The van der Waals surface area contributed by atoms with Gasteiger partial charge in [0.15, 0.2) is 0 Å². The summed E-state index contributed by atoms with van der Waals surface area (Å²) in [6.07, 6.45) is 0.0188. The summed E-state index contributed by atoms with van der Waals surface area (Å²) in [5.74, 6) is 0.256. The van der Waals surface area contributed by atoms with E-state index in [-0.39, 0.29) is 23.9 Å². The fraction of sp³-hybridized carbons (Fsp3) is 0.250. The van der Waals surface area contributed by atoms with Crippen LogP contribution in [0.5, 0.6) is 0 Å². The van der Waals surface area contributed by atoms with Crippen LogP contribution in [0.15, 0.2) is 46.6 Å². The number of nitrogens with zero attached hydrogens (tertiary/aromatic N) is 3. The number of aromatic nitrogens is 2. The number of rotatable bonds is 6. The predicted molar refractivity (Wildman–Crippen MR) is 129 cm³/mol. The minimum Gasteiger partial charge on any atom is -0.336 e. The number of carbonyl (C=O) groups is 1. The first-order valence-corrected chi connectivity index (χ1v) is 12.0. The molecule has 0 spiro atoms. The molecule has 0 fully saturated rings. The maximum atomic E-state index is 13.1. The second kappa shape index (κ2) is 9.07. The van der Waals surface area contributed by atoms with Gasteiger partial charge in [0.2, 0.25) is 5.91 Å². The van der Waals surface area contributed by atoms with Gasteiger partial charge < -0.3 is 9.88 Å². The summed E-state index contributed by atoms with van der Waals surface area (Å²) in [6.45, 7) is 6.43. The Morgan fingerprint density at radius 3 is 2.62 bits per heavy atom. The number of aromatic amines is 1. The summed E-state index contributed by atoms with van der Waals surface area (Å²) in [5.41, 5.74) is 2.20. The smallest absolute Gasteiger partial charge is 0.260 e. The van der Waals surface area contributed by atoms with Gasteiger partial charge in [0, 0.05) is 27.2 Å². The molecule has 0 saturated heterocycles. The molecular formula is C24H22N4O2S2. The number of likely N-dealkylation sites (N-methyl/N-ethyl adjacent to an activating group) is 1. The highest BCUT2D eigenvalue weighted by Gasteiger charge is 2.22. The minimum absolute atomic E-state index is 0.0188. The molecule has 0 bridgehead atoms. The van der Waals surface area contributed by atoms with Gasteiger partial charge >= 0.3 is 0 Å². The van der Waals surface area contributed by atoms with Crippen molar-refractivity contribution < 1.29 is 4.79 Å². The van der Waals surface area contributed by atoms with Crippen LogP contribution in [0.2, 0.25) is 0 Å². The van der Waals surface area contributed by atoms with Crippen LogP contribution < -0.4 is 5.56 Å². The summed E-state index contributed by atoms with van der Waals surface area (Å²) in [7, 11) is 0. The number of hydrogen-bond donors (Lipinski definition) is 1. The highest BCUT2D eigenvalue weighted by Crippen LogP contribution is 2.35. The molecule has 0 radical (unpaired) electrons. The Morgan fingerprint density at radius 1 is 1.25 bits per heavy atom. The molecule has 0 saturated carbocycles. The molecule has 1 unspecified atom stereocenters. The van der Waals surface area contributed by atoms with Crippen molar-refractivity contribution in [1.82, 2.24) is 14.9 Å². The van der Waals surface area contributed by atoms with Crippen molar-refractivity contribution in [2.24, 2.45) is 0 Å². The van der Waals surface area contributed by atoms with Gasteiger partial charge in [0.25, 0.3) is 5.56 Å². The topological polar surface area (TPSA) is 89.8 Å². The predicted octanol–water partition coefficient (Wildman–Crippen LogP) is 5.05. The Morgan fingerprint density at radius 2 is 2.00 bits per heavy atom. The second-order valence-electron chi connectivity index (χ2n) is 7.52. The third-order valence-electron chi connectivity index (χ3n) is 5.47. The molecule has 3 aromatic heterocycles. The highest BCUT2D eigenvalue weighted by atomic mass is 32.1. The molecular weight excluding hydrogens is 440 g/mol. The van der Waals surface area contributed by atoms with Crippen LogP contribution in [0, 0.1) is 18.3 Å².